The Labute approximate surface area is 226 Å². The smallest absolute Gasteiger partial charge is 0.326 e. The van der Waals surface area contributed by atoms with Crippen LogP contribution in [0.1, 0.15) is 67.4 Å². The van der Waals surface area contributed by atoms with Gasteiger partial charge in [0.1, 0.15) is 29.1 Å². The summed E-state index contributed by atoms with van der Waals surface area (Å²) >= 11 is 0. The second-order valence-corrected chi connectivity index (χ2v) is 10.1. The lowest BCUT2D eigenvalue weighted by atomic mass is 9.98. The van der Waals surface area contributed by atoms with Gasteiger partial charge in [0.25, 0.3) is 5.56 Å². The van der Waals surface area contributed by atoms with E-state index in [1.165, 1.54) is 16.7 Å². The third-order valence-corrected chi connectivity index (χ3v) is 7.41. The molecule has 0 saturated heterocycles. The summed E-state index contributed by atoms with van der Waals surface area (Å²) in [5.41, 5.74) is 5.93. The molecule has 0 amide bonds. The van der Waals surface area contributed by atoms with Crippen LogP contribution in [0.4, 0.5) is 14.6 Å². The van der Waals surface area contributed by atoms with Crippen LogP contribution in [0, 0.1) is 11.6 Å². The van der Waals surface area contributed by atoms with Crippen molar-refractivity contribution in [3.05, 3.63) is 93.3 Å². The summed E-state index contributed by atoms with van der Waals surface area (Å²) in [6.45, 7) is 4.34. The molecule has 9 heteroatoms. The highest BCUT2D eigenvalue weighted by Crippen LogP contribution is 2.24. The molecule has 1 fully saturated rings. The summed E-state index contributed by atoms with van der Waals surface area (Å²) in [7, 11) is 0. The van der Waals surface area contributed by atoms with Crippen LogP contribution in [0.15, 0.2) is 59.4 Å². The maximum atomic E-state index is 14.2. The molecule has 7 nitrogen and oxygen atoms in total. The van der Waals surface area contributed by atoms with E-state index in [1.807, 2.05) is 26.0 Å². The monoisotopic (exact) mass is 537 g/mol. The molecule has 3 aromatic rings. The number of halogens is 2. The van der Waals surface area contributed by atoms with E-state index in [9.17, 15) is 23.2 Å². The number of benzene rings is 2. The van der Waals surface area contributed by atoms with Crippen molar-refractivity contribution in [3.8, 4) is 5.69 Å². The Hall–Kier alpha value is -3.85. The lowest BCUT2D eigenvalue weighted by Crippen LogP contribution is -2.51. The summed E-state index contributed by atoms with van der Waals surface area (Å²) in [5, 5.41) is 3.33. The quantitative estimate of drug-likeness (QED) is 0.287. The van der Waals surface area contributed by atoms with Gasteiger partial charge in [-0.1, -0.05) is 19.1 Å². The zero-order valence-corrected chi connectivity index (χ0v) is 22.1. The molecule has 4 rings (SSSR count). The highest BCUT2D eigenvalue weighted by Gasteiger charge is 2.34. The first-order valence-corrected chi connectivity index (χ1v) is 13.2. The molecule has 0 bridgehead atoms. The molecular weight excluding hydrogens is 504 g/mol. The predicted octanol–water partition coefficient (Wildman–Crippen LogP) is 4.72. The van der Waals surface area contributed by atoms with Crippen molar-refractivity contribution in [1.82, 2.24) is 9.88 Å². The molecule has 1 saturated carbocycles. The van der Waals surface area contributed by atoms with Gasteiger partial charge in [-0.05, 0) is 81.3 Å². The van der Waals surface area contributed by atoms with Gasteiger partial charge in [-0.2, -0.15) is 0 Å². The Morgan fingerprint density at radius 2 is 1.72 bits per heavy atom. The molecule has 1 aliphatic carbocycles. The number of nitrogens with zero attached hydrogens (tertiary/aromatic N) is 1. The summed E-state index contributed by atoms with van der Waals surface area (Å²) in [6, 6.07) is 12.1. The van der Waals surface area contributed by atoms with Crippen LogP contribution in [-0.2, 0) is 16.0 Å². The molecule has 0 radical (unpaired) electrons. The lowest BCUT2D eigenvalue weighted by molar-refractivity contribution is -0.156. The number of nitrogen functional groups attached to an aromatic ring is 1. The molecule has 3 N–H and O–H groups in total. The fraction of sp³-hybridized carbons (Fsp3) is 0.367. The van der Waals surface area contributed by atoms with E-state index in [0.717, 1.165) is 43.4 Å². The van der Waals surface area contributed by atoms with Crippen molar-refractivity contribution < 1.29 is 23.1 Å². The number of anilines is 1. The molecular formula is C30H33F2N3O4. The molecule has 206 valence electrons. The van der Waals surface area contributed by atoms with Crippen LogP contribution in [0.3, 0.4) is 0 Å². The number of hydrogen-bond donors (Lipinski definition) is 2. The minimum Gasteiger partial charge on any atom is -0.461 e. The number of pyridine rings is 1. The number of ether oxygens (including phenoxy) is 1. The molecule has 39 heavy (non-hydrogen) atoms. The maximum Gasteiger partial charge on any atom is 0.326 e. The minimum atomic E-state index is -1.01. The van der Waals surface area contributed by atoms with E-state index in [2.05, 4.69) is 5.32 Å². The largest absolute Gasteiger partial charge is 0.461 e. The molecule has 0 unspecified atom stereocenters. The summed E-state index contributed by atoms with van der Waals surface area (Å²) < 4.78 is 34.4. The number of nitrogens with one attached hydrogen (secondary N) is 1. The molecule has 1 aliphatic rings. The highest BCUT2D eigenvalue weighted by atomic mass is 19.1. The normalized spacial score (nSPS) is 15.2. The van der Waals surface area contributed by atoms with E-state index < -0.39 is 28.5 Å². The second-order valence-electron chi connectivity index (χ2n) is 10.1. The van der Waals surface area contributed by atoms with E-state index in [0.29, 0.717) is 31.1 Å². The number of aromatic nitrogens is 1. The number of rotatable bonds is 10. The Morgan fingerprint density at radius 1 is 1.05 bits per heavy atom. The van der Waals surface area contributed by atoms with E-state index >= 15 is 0 Å². The first-order chi connectivity index (χ1) is 18.6. The number of nitrogens with two attached hydrogens (primary N) is 1. The maximum absolute atomic E-state index is 14.2. The average Bonchev–Trinajstić information content (AvgIpc) is 3.42. The fourth-order valence-electron chi connectivity index (χ4n) is 4.75. The van der Waals surface area contributed by atoms with Crippen molar-refractivity contribution in [2.75, 3.05) is 12.3 Å². The van der Waals surface area contributed by atoms with Gasteiger partial charge in [0.05, 0.1) is 16.8 Å². The SMILES string of the molecule is CC[C@@](C)(NCCc1ccc(-n2c(N)c(C(=O)c3ccc(F)cc3F)ccc2=O)cc1)C(=O)OC1CCCC1. The van der Waals surface area contributed by atoms with Gasteiger partial charge in [0.2, 0.25) is 0 Å². The van der Waals surface area contributed by atoms with Crippen LogP contribution >= 0.6 is 0 Å². The molecule has 1 aromatic heterocycles. The number of hydrogen-bond acceptors (Lipinski definition) is 6. The topological polar surface area (TPSA) is 103 Å². The lowest BCUT2D eigenvalue weighted by Gasteiger charge is -2.29. The van der Waals surface area contributed by atoms with E-state index in [1.54, 1.807) is 12.1 Å². The fourth-order valence-corrected chi connectivity index (χ4v) is 4.75. The van der Waals surface area contributed by atoms with Gasteiger partial charge in [0.15, 0.2) is 5.78 Å². The standard InChI is InChI=1S/C30H33F2N3O4/c1-3-30(2,29(38)39-22-6-4-5-7-22)34-17-16-19-8-11-21(12-9-19)35-26(36)15-14-24(28(35)33)27(37)23-13-10-20(31)18-25(23)32/h8-15,18,22,34H,3-7,16-17,33H2,1-2H3/t30-/m1/s1. The minimum absolute atomic E-state index is 0.0112. The van der Waals surface area contributed by atoms with E-state index in [-0.39, 0.29) is 29.0 Å². The number of ketones is 1. The number of carbonyl (C=O) groups excluding carboxylic acids is 2. The van der Waals surface area contributed by atoms with Crippen LogP contribution in [0.2, 0.25) is 0 Å². The Kier molecular flexibility index (Phi) is 8.60. The van der Waals surface area contributed by atoms with Gasteiger partial charge in [-0.3, -0.25) is 19.0 Å². The van der Waals surface area contributed by atoms with Gasteiger partial charge in [0, 0.05) is 18.7 Å². The van der Waals surface area contributed by atoms with Gasteiger partial charge < -0.3 is 15.8 Å². The second kappa shape index (κ2) is 11.9. The Morgan fingerprint density at radius 3 is 2.36 bits per heavy atom. The molecule has 2 aromatic carbocycles. The first kappa shape index (κ1) is 28.2. The number of carbonyl (C=O) groups is 2. The predicted molar refractivity (Wildman–Crippen MR) is 145 cm³/mol. The third-order valence-electron chi connectivity index (χ3n) is 7.41. The first-order valence-electron chi connectivity index (χ1n) is 13.2. The van der Waals surface area contributed by atoms with Crippen LogP contribution in [-0.4, -0.2) is 34.5 Å². The zero-order chi connectivity index (χ0) is 28.2. The highest BCUT2D eigenvalue weighted by molar-refractivity contribution is 6.11. The van der Waals surface area contributed by atoms with Crippen LogP contribution < -0.4 is 16.6 Å². The zero-order valence-electron chi connectivity index (χ0n) is 22.1. The van der Waals surface area contributed by atoms with Crippen molar-refractivity contribution in [2.45, 2.75) is 64.0 Å². The van der Waals surface area contributed by atoms with Crippen molar-refractivity contribution in [2.24, 2.45) is 0 Å². The Bertz CT molecular complexity index is 1410. The summed E-state index contributed by atoms with van der Waals surface area (Å²) in [6.07, 6.45) is 5.26. The van der Waals surface area contributed by atoms with Crippen LogP contribution in [0.25, 0.3) is 5.69 Å². The van der Waals surface area contributed by atoms with Gasteiger partial charge >= 0.3 is 5.97 Å². The third kappa shape index (κ3) is 6.25. The summed E-state index contributed by atoms with van der Waals surface area (Å²) in [5.74, 6) is -2.95. The number of esters is 1. The molecule has 0 spiro atoms. The van der Waals surface area contributed by atoms with Crippen molar-refractivity contribution in [1.29, 1.82) is 0 Å². The van der Waals surface area contributed by atoms with Crippen LogP contribution in [0.5, 0.6) is 0 Å². The van der Waals surface area contributed by atoms with Gasteiger partial charge in [-0.15, -0.1) is 0 Å². The molecule has 0 aliphatic heterocycles. The average molecular weight is 538 g/mol. The molecule has 1 atom stereocenters. The van der Waals surface area contributed by atoms with E-state index in [4.69, 9.17) is 10.5 Å². The Balaban J connectivity index is 1.46. The summed E-state index contributed by atoms with van der Waals surface area (Å²) in [4.78, 5) is 38.3. The van der Waals surface area contributed by atoms with Gasteiger partial charge in [-0.25, -0.2) is 8.78 Å². The molecule has 1 heterocycles. The van der Waals surface area contributed by atoms with Crippen molar-refractivity contribution >= 4 is 17.6 Å². The van der Waals surface area contributed by atoms with Crippen molar-refractivity contribution in [3.63, 3.8) is 0 Å².